The lowest BCUT2D eigenvalue weighted by Gasteiger charge is -2.25. The first-order valence-corrected chi connectivity index (χ1v) is 10.9. The van der Waals surface area contributed by atoms with E-state index in [-0.39, 0.29) is 29.8 Å². The molecule has 0 bridgehead atoms. The van der Waals surface area contributed by atoms with Gasteiger partial charge in [0.2, 0.25) is 5.78 Å². The van der Waals surface area contributed by atoms with E-state index in [4.69, 9.17) is 9.15 Å². The molecule has 8 heteroatoms. The van der Waals surface area contributed by atoms with Crippen LogP contribution in [0.15, 0.2) is 75.9 Å². The molecule has 1 atom stereocenters. The molecule has 1 amide bonds. The van der Waals surface area contributed by atoms with Gasteiger partial charge in [0, 0.05) is 10.6 Å². The van der Waals surface area contributed by atoms with E-state index in [0.717, 1.165) is 10.4 Å². The van der Waals surface area contributed by atoms with E-state index >= 15 is 0 Å². The Hall–Kier alpha value is -3.65. The van der Waals surface area contributed by atoms with Crippen LogP contribution in [0.5, 0.6) is 0 Å². The number of ether oxygens (including phenoxy) is 1. The highest BCUT2D eigenvalue weighted by Gasteiger charge is 2.45. The molecule has 164 valence electrons. The molecule has 7 nitrogen and oxygen atoms in total. The van der Waals surface area contributed by atoms with Crippen LogP contribution in [0.1, 0.15) is 40.9 Å². The van der Waals surface area contributed by atoms with Gasteiger partial charge >= 0.3 is 5.97 Å². The van der Waals surface area contributed by atoms with Gasteiger partial charge < -0.3 is 14.3 Å². The maximum Gasteiger partial charge on any atom is 0.310 e. The quantitative estimate of drug-likeness (QED) is 0.416. The number of benzene rings is 1. The summed E-state index contributed by atoms with van der Waals surface area (Å²) >= 11 is 1.38. The molecule has 2 aromatic heterocycles. The molecule has 0 saturated carbocycles. The number of ketones is 1. The van der Waals surface area contributed by atoms with Gasteiger partial charge in [-0.3, -0.25) is 19.3 Å². The number of thiophene rings is 1. The fraction of sp³-hybridized carbons (Fsp3) is 0.208. The number of amides is 1. The molecule has 3 aromatic rings. The Kier molecular flexibility index (Phi) is 5.96. The Bertz CT molecular complexity index is 1160. The molecule has 0 aliphatic carbocycles. The first-order valence-electron chi connectivity index (χ1n) is 10.0. The van der Waals surface area contributed by atoms with Gasteiger partial charge in [0.1, 0.15) is 6.04 Å². The molecule has 1 aliphatic heterocycles. The van der Waals surface area contributed by atoms with E-state index in [0.29, 0.717) is 5.69 Å². The molecule has 1 aromatic carbocycles. The van der Waals surface area contributed by atoms with E-state index < -0.39 is 23.5 Å². The molecule has 3 heterocycles. The second-order valence-electron chi connectivity index (χ2n) is 7.54. The van der Waals surface area contributed by atoms with Gasteiger partial charge in [0.25, 0.3) is 5.91 Å². The van der Waals surface area contributed by atoms with Crippen molar-refractivity contribution in [3.05, 3.63) is 87.7 Å². The maximum atomic E-state index is 13.1. The number of rotatable bonds is 7. The Morgan fingerprint density at radius 1 is 1.16 bits per heavy atom. The summed E-state index contributed by atoms with van der Waals surface area (Å²) in [6, 6.07) is 12.7. The van der Waals surface area contributed by atoms with Crippen molar-refractivity contribution in [1.82, 2.24) is 0 Å². The van der Waals surface area contributed by atoms with Crippen molar-refractivity contribution in [3.8, 4) is 0 Å². The average Bonchev–Trinajstić information content (AvgIpc) is 3.50. The predicted molar refractivity (Wildman–Crippen MR) is 119 cm³/mol. The average molecular weight is 452 g/mol. The van der Waals surface area contributed by atoms with Gasteiger partial charge in [0.05, 0.1) is 24.4 Å². The van der Waals surface area contributed by atoms with Crippen molar-refractivity contribution in [3.63, 3.8) is 0 Å². The van der Waals surface area contributed by atoms with Gasteiger partial charge in [0.15, 0.2) is 11.5 Å². The predicted octanol–water partition coefficient (Wildman–Crippen LogP) is 4.62. The Morgan fingerprint density at radius 2 is 1.91 bits per heavy atom. The van der Waals surface area contributed by atoms with Gasteiger partial charge in [-0.05, 0) is 55.1 Å². The summed E-state index contributed by atoms with van der Waals surface area (Å²) in [4.78, 5) is 40.2. The van der Waals surface area contributed by atoms with Crippen LogP contribution in [-0.4, -0.2) is 28.9 Å². The van der Waals surface area contributed by atoms with Gasteiger partial charge in [-0.25, -0.2) is 0 Å². The lowest BCUT2D eigenvalue weighted by atomic mass is 10.00. The van der Waals surface area contributed by atoms with Crippen LogP contribution in [0.25, 0.3) is 0 Å². The molecule has 4 rings (SSSR count). The summed E-state index contributed by atoms with van der Waals surface area (Å²) in [5.41, 5.74) is 1.18. The van der Waals surface area contributed by atoms with Crippen molar-refractivity contribution in [1.29, 1.82) is 0 Å². The molecule has 0 saturated heterocycles. The number of nitrogens with zero attached hydrogens (tertiary/aromatic N) is 1. The van der Waals surface area contributed by atoms with Crippen molar-refractivity contribution in [2.45, 2.75) is 32.4 Å². The standard InChI is InChI=1S/C24H21NO6S/c1-14(2)31-19(26)13-15-7-9-16(10-8-15)25-21(18-6-4-12-32-18)20(23(28)24(25)29)22(27)17-5-3-11-30-17/h3-12,14,21,28H,13H2,1-2H3. The molecule has 1 N–H and O–H groups in total. The summed E-state index contributed by atoms with van der Waals surface area (Å²) in [6.07, 6.45) is 1.27. The minimum atomic E-state index is -0.795. The molecule has 32 heavy (non-hydrogen) atoms. The molecule has 0 radical (unpaired) electrons. The summed E-state index contributed by atoms with van der Waals surface area (Å²) in [7, 11) is 0. The van der Waals surface area contributed by atoms with Crippen LogP contribution in [0.2, 0.25) is 0 Å². The zero-order valence-corrected chi connectivity index (χ0v) is 18.3. The van der Waals surface area contributed by atoms with Crippen LogP contribution in [0.3, 0.4) is 0 Å². The maximum absolute atomic E-state index is 13.1. The molecule has 1 aliphatic rings. The van der Waals surface area contributed by atoms with Crippen molar-refractivity contribution >= 4 is 34.7 Å². The van der Waals surface area contributed by atoms with Crippen LogP contribution < -0.4 is 4.90 Å². The lowest BCUT2D eigenvalue weighted by molar-refractivity contribution is -0.146. The Morgan fingerprint density at radius 3 is 2.50 bits per heavy atom. The number of hydrogen-bond acceptors (Lipinski definition) is 7. The topological polar surface area (TPSA) is 97.0 Å². The fourth-order valence-electron chi connectivity index (χ4n) is 3.61. The molecule has 0 fully saturated rings. The number of carbonyl (C=O) groups is 3. The fourth-order valence-corrected chi connectivity index (χ4v) is 4.43. The second-order valence-corrected chi connectivity index (χ2v) is 8.52. The third kappa shape index (κ3) is 4.09. The van der Waals surface area contributed by atoms with E-state index in [2.05, 4.69) is 0 Å². The van der Waals surface area contributed by atoms with Crippen LogP contribution in [0.4, 0.5) is 5.69 Å². The van der Waals surface area contributed by atoms with Crippen LogP contribution >= 0.6 is 11.3 Å². The van der Waals surface area contributed by atoms with Gasteiger partial charge in [-0.1, -0.05) is 18.2 Å². The first kappa shape index (κ1) is 21.6. The monoisotopic (exact) mass is 451 g/mol. The smallest absolute Gasteiger partial charge is 0.310 e. The van der Waals surface area contributed by atoms with Crippen LogP contribution in [-0.2, 0) is 20.7 Å². The highest BCUT2D eigenvalue weighted by molar-refractivity contribution is 7.10. The summed E-state index contributed by atoms with van der Waals surface area (Å²) in [5, 5.41) is 12.5. The van der Waals surface area contributed by atoms with Crippen molar-refractivity contribution in [2.24, 2.45) is 0 Å². The highest BCUT2D eigenvalue weighted by Crippen LogP contribution is 2.43. The zero-order valence-electron chi connectivity index (χ0n) is 17.5. The minimum Gasteiger partial charge on any atom is -0.503 e. The SMILES string of the molecule is CC(C)OC(=O)Cc1ccc(N2C(=O)C(O)=C(C(=O)c3ccco3)C2c2cccs2)cc1. The van der Waals surface area contributed by atoms with E-state index in [1.54, 1.807) is 50.2 Å². The molecule has 1 unspecified atom stereocenters. The number of anilines is 1. The number of hydrogen-bond donors (Lipinski definition) is 1. The molecule has 0 spiro atoms. The number of esters is 1. The summed E-state index contributed by atoms with van der Waals surface area (Å²) < 4.78 is 10.4. The zero-order chi connectivity index (χ0) is 22.8. The first-order chi connectivity index (χ1) is 15.4. The van der Waals surface area contributed by atoms with Gasteiger partial charge in [-0.2, -0.15) is 0 Å². The third-order valence-electron chi connectivity index (χ3n) is 4.94. The Labute approximate surface area is 188 Å². The Balaban J connectivity index is 1.67. The number of carbonyl (C=O) groups excluding carboxylic acids is 3. The molecular formula is C24H21NO6S. The number of furan rings is 1. The van der Waals surface area contributed by atoms with E-state index in [9.17, 15) is 19.5 Å². The largest absolute Gasteiger partial charge is 0.503 e. The second kappa shape index (κ2) is 8.84. The van der Waals surface area contributed by atoms with Gasteiger partial charge in [-0.15, -0.1) is 11.3 Å². The van der Waals surface area contributed by atoms with E-state index in [1.165, 1.54) is 28.6 Å². The molecular weight excluding hydrogens is 430 g/mol. The number of Topliss-reactive ketones (excluding diaryl/α,β-unsaturated/α-hetero) is 1. The van der Waals surface area contributed by atoms with E-state index in [1.807, 2.05) is 11.4 Å². The number of aliphatic hydroxyl groups excluding tert-OH is 1. The lowest BCUT2D eigenvalue weighted by Crippen LogP contribution is -2.30. The normalized spacial score (nSPS) is 16.2. The summed E-state index contributed by atoms with van der Waals surface area (Å²) in [5.74, 6) is -2.12. The highest BCUT2D eigenvalue weighted by atomic mass is 32.1. The van der Waals surface area contributed by atoms with Crippen molar-refractivity contribution < 1.29 is 28.6 Å². The number of aliphatic hydroxyl groups is 1. The minimum absolute atomic E-state index is 0.0306. The van der Waals surface area contributed by atoms with Crippen molar-refractivity contribution in [2.75, 3.05) is 4.90 Å². The summed E-state index contributed by atoms with van der Waals surface area (Å²) in [6.45, 7) is 3.57. The third-order valence-corrected chi connectivity index (χ3v) is 5.87. The van der Waals surface area contributed by atoms with Crippen LogP contribution in [0, 0.1) is 0 Å².